The van der Waals surface area contributed by atoms with Crippen LogP contribution in [-0.2, 0) is 0 Å². The molecule has 0 aromatic rings. The second kappa shape index (κ2) is 2.89. The van der Waals surface area contributed by atoms with Gasteiger partial charge in [0.05, 0.1) is 0 Å². The Morgan fingerprint density at radius 3 is 2.40 bits per heavy atom. The molecule has 0 aliphatic heterocycles. The predicted molar refractivity (Wildman–Crippen MR) is 43.9 cm³/mol. The molecule has 2 nitrogen and oxygen atoms in total. The van der Waals surface area contributed by atoms with Crippen molar-refractivity contribution >= 4 is 0 Å². The fraction of sp³-hybridized carbons (Fsp3) is 1.00. The van der Waals surface area contributed by atoms with Gasteiger partial charge >= 0.3 is 0 Å². The molecule has 3 N–H and O–H groups in total. The van der Waals surface area contributed by atoms with Gasteiger partial charge in [0.1, 0.15) is 0 Å². The predicted octanol–water partition coefficient (Wildman–Crippen LogP) is 0.866. The summed E-state index contributed by atoms with van der Waals surface area (Å²) in [5.41, 5.74) is 5.71. The fourth-order valence-electron chi connectivity index (χ4n) is 1.16. The van der Waals surface area contributed by atoms with Crippen LogP contribution < -0.4 is 11.1 Å². The van der Waals surface area contributed by atoms with E-state index in [1.54, 1.807) is 0 Å². The lowest BCUT2D eigenvalue weighted by Gasteiger charge is -2.35. The summed E-state index contributed by atoms with van der Waals surface area (Å²) in [6, 6.07) is 0.749. The third-order valence-corrected chi connectivity index (χ3v) is 2.21. The Bertz CT molecular complexity index is 106. The quantitative estimate of drug-likeness (QED) is 0.613. The van der Waals surface area contributed by atoms with E-state index in [1.807, 2.05) is 0 Å². The van der Waals surface area contributed by atoms with E-state index in [0.29, 0.717) is 0 Å². The Hall–Kier alpha value is -0.0800. The monoisotopic (exact) mass is 142 g/mol. The maximum absolute atomic E-state index is 5.57. The molecule has 10 heavy (non-hydrogen) atoms. The van der Waals surface area contributed by atoms with Gasteiger partial charge in [-0.2, -0.15) is 0 Å². The van der Waals surface area contributed by atoms with Crippen molar-refractivity contribution in [1.82, 2.24) is 5.32 Å². The first-order valence-electron chi connectivity index (χ1n) is 4.12. The largest absolute Gasteiger partial charge is 0.329 e. The first-order valence-corrected chi connectivity index (χ1v) is 4.12. The molecule has 0 unspecified atom stereocenters. The van der Waals surface area contributed by atoms with Crippen molar-refractivity contribution in [2.75, 3.05) is 6.54 Å². The molecule has 0 saturated heterocycles. The lowest BCUT2D eigenvalue weighted by Crippen LogP contribution is -2.52. The number of nitrogens with one attached hydrogen (secondary N) is 1. The summed E-state index contributed by atoms with van der Waals surface area (Å²) in [5.74, 6) is 0. The summed E-state index contributed by atoms with van der Waals surface area (Å²) < 4.78 is 0. The lowest BCUT2D eigenvalue weighted by atomic mass is 9.90. The number of rotatable bonds is 3. The molecule has 1 fully saturated rings. The van der Waals surface area contributed by atoms with Gasteiger partial charge in [-0.1, -0.05) is 6.42 Å². The summed E-state index contributed by atoms with van der Waals surface area (Å²) >= 11 is 0. The Labute approximate surface area is 63.2 Å². The van der Waals surface area contributed by atoms with Crippen LogP contribution in [0.2, 0.25) is 0 Å². The third-order valence-electron chi connectivity index (χ3n) is 2.21. The average molecular weight is 142 g/mol. The molecule has 0 radical (unpaired) electrons. The minimum atomic E-state index is 0.144. The highest BCUT2D eigenvalue weighted by Gasteiger charge is 2.24. The normalized spacial score (nSPS) is 20.7. The Morgan fingerprint density at radius 2 is 2.10 bits per heavy atom. The van der Waals surface area contributed by atoms with E-state index in [4.69, 9.17) is 5.73 Å². The number of hydrogen-bond donors (Lipinski definition) is 2. The number of nitrogens with two attached hydrogens (primary N) is 1. The summed E-state index contributed by atoms with van der Waals surface area (Å²) in [6.45, 7) is 5.04. The molecule has 0 atom stereocenters. The minimum absolute atomic E-state index is 0.144. The van der Waals surface area contributed by atoms with Crippen molar-refractivity contribution in [3.8, 4) is 0 Å². The van der Waals surface area contributed by atoms with Gasteiger partial charge < -0.3 is 11.1 Å². The third kappa shape index (κ3) is 1.96. The number of hydrogen-bond acceptors (Lipinski definition) is 2. The van der Waals surface area contributed by atoms with Crippen LogP contribution in [0.3, 0.4) is 0 Å². The van der Waals surface area contributed by atoms with Gasteiger partial charge in [0.2, 0.25) is 0 Å². The van der Waals surface area contributed by atoms with Crippen LogP contribution in [0.25, 0.3) is 0 Å². The zero-order valence-electron chi connectivity index (χ0n) is 6.98. The summed E-state index contributed by atoms with van der Waals surface area (Å²) in [7, 11) is 0. The van der Waals surface area contributed by atoms with Crippen LogP contribution in [0.5, 0.6) is 0 Å². The Kier molecular flexibility index (Phi) is 2.32. The first-order chi connectivity index (χ1) is 4.64. The molecule has 1 rings (SSSR count). The van der Waals surface area contributed by atoms with Gasteiger partial charge in [-0.05, 0) is 26.7 Å². The molecule has 1 aliphatic rings. The molecule has 1 aliphatic carbocycles. The van der Waals surface area contributed by atoms with Gasteiger partial charge in [-0.15, -0.1) is 0 Å². The van der Waals surface area contributed by atoms with Crippen LogP contribution >= 0.6 is 0 Å². The summed E-state index contributed by atoms with van der Waals surface area (Å²) in [4.78, 5) is 0. The van der Waals surface area contributed by atoms with E-state index in [9.17, 15) is 0 Å². The van der Waals surface area contributed by atoms with Crippen molar-refractivity contribution in [1.29, 1.82) is 0 Å². The van der Waals surface area contributed by atoms with E-state index < -0.39 is 0 Å². The topological polar surface area (TPSA) is 38.0 Å². The van der Waals surface area contributed by atoms with Gasteiger partial charge in [-0.25, -0.2) is 0 Å². The highest BCUT2D eigenvalue weighted by molar-refractivity contribution is 4.86. The molecular formula is C8H18N2. The maximum Gasteiger partial charge on any atom is 0.0249 e. The standard InChI is InChI=1S/C8H18N2/c1-8(2,6-9)10-7-4-3-5-7/h7,10H,3-6,9H2,1-2H3. The van der Waals surface area contributed by atoms with Crippen LogP contribution in [0, 0.1) is 0 Å². The SMILES string of the molecule is CC(C)(CN)NC1CCC1. The van der Waals surface area contributed by atoms with E-state index >= 15 is 0 Å². The average Bonchev–Trinajstić information content (AvgIpc) is 1.80. The molecule has 0 spiro atoms. The van der Waals surface area contributed by atoms with Crippen LogP contribution in [0.15, 0.2) is 0 Å². The van der Waals surface area contributed by atoms with Crippen molar-refractivity contribution in [3.05, 3.63) is 0 Å². The van der Waals surface area contributed by atoms with E-state index in [-0.39, 0.29) is 5.54 Å². The van der Waals surface area contributed by atoms with E-state index in [0.717, 1.165) is 12.6 Å². The van der Waals surface area contributed by atoms with Crippen molar-refractivity contribution in [2.45, 2.75) is 44.7 Å². The lowest BCUT2D eigenvalue weighted by molar-refractivity contribution is 0.257. The Balaban J connectivity index is 2.21. The van der Waals surface area contributed by atoms with Gasteiger partial charge in [0.25, 0.3) is 0 Å². The van der Waals surface area contributed by atoms with E-state index in [2.05, 4.69) is 19.2 Å². The molecule has 0 aromatic carbocycles. The smallest absolute Gasteiger partial charge is 0.0249 e. The Morgan fingerprint density at radius 1 is 1.50 bits per heavy atom. The highest BCUT2D eigenvalue weighted by Crippen LogP contribution is 2.20. The molecular weight excluding hydrogens is 124 g/mol. The van der Waals surface area contributed by atoms with Gasteiger partial charge in [0, 0.05) is 18.1 Å². The van der Waals surface area contributed by atoms with Crippen LogP contribution in [0.4, 0.5) is 0 Å². The maximum atomic E-state index is 5.57. The first kappa shape index (κ1) is 8.02. The summed E-state index contributed by atoms with van der Waals surface area (Å²) in [5, 5.41) is 3.52. The van der Waals surface area contributed by atoms with Crippen molar-refractivity contribution < 1.29 is 0 Å². The molecule has 0 amide bonds. The molecule has 1 saturated carbocycles. The van der Waals surface area contributed by atoms with Crippen LogP contribution in [0.1, 0.15) is 33.1 Å². The van der Waals surface area contributed by atoms with Crippen molar-refractivity contribution in [2.24, 2.45) is 5.73 Å². The van der Waals surface area contributed by atoms with Crippen molar-refractivity contribution in [3.63, 3.8) is 0 Å². The fourth-order valence-corrected chi connectivity index (χ4v) is 1.16. The van der Waals surface area contributed by atoms with Gasteiger partial charge in [-0.3, -0.25) is 0 Å². The van der Waals surface area contributed by atoms with E-state index in [1.165, 1.54) is 19.3 Å². The second-order valence-corrected chi connectivity index (χ2v) is 3.86. The second-order valence-electron chi connectivity index (χ2n) is 3.86. The zero-order chi connectivity index (χ0) is 7.61. The summed E-state index contributed by atoms with van der Waals surface area (Å²) in [6.07, 6.45) is 4.06. The van der Waals surface area contributed by atoms with Crippen LogP contribution in [-0.4, -0.2) is 18.1 Å². The zero-order valence-corrected chi connectivity index (χ0v) is 6.98. The minimum Gasteiger partial charge on any atom is -0.329 e. The molecule has 0 bridgehead atoms. The molecule has 60 valence electrons. The van der Waals surface area contributed by atoms with Gasteiger partial charge in [0.15, 0.2) is 0 Å². The molecule has 0 heterocycles. The highest BCUT2D eigenvalue weighted by atomic mass is 15.0. The molecule has 2 heteroatoms. The molecule has 0 aromatic heterocycles.